The number of hydrogen-bond acceptors (Lipinski definition) is 5. The summed E-state index contributed by atoms with van der Waals surface area (Å²) >= 11 is 6.21. The zero-order valence-electron chi connectivity index (χ0n) is 14.1. The molecule has 7 nitrogen and oxygen atoms in total. The van der Waals surface area contributed by atoms with E-state index in [2.05, 4.69) is 15.3 Å². The van der Waals surface area contributed by atoms with Crippen molar-refractivity contribution in [2.24, 2.45) is 0 Å². The molecule has 2 amide bonds. The van der Waals surface area contributed by atoms with E-state index in [1.807, 2.05) is 30.3 Å². The Bertz CT molecular complexity index is 869. The number of nitrogens with one attached hydrogen (secondary N) is 1. The van der Waals surface area contributed by atoms with Gasteiger partial charge in [-0.25, -0.2) is 9.97 Å². The minimum absolute atomic E-state index is 0.208. The maximum atomic E-state index is 12.4. The molecule has 2 aromatic rings. The number of halogens is 1. The van der Waals surface area contributed by atoms with Crippen molar-refractivity contribution in [1.29, 1.82) is 0 Å². The fraction of sp³-hybridized carbons (Fsp3) is 0.222. The van der Waals surface area contributed by atoms with Crippen LogP contribution < -0.4 is 10.1 Å². The summed E-state index contributed by atoms with van der Waals surface area (Å²) in [5.74, 6) is -0.857. The van der Waals surface area contributed by atoms with Gasteiger partial charge in [0.05, 0.1) is 7.11 Å². The minimum Gasteiger partial charge on any atom is -0.481 e. The Labute approximate surface area is 155 Å². The molecule has 8 heteroatoms. The second-order valence-electron chi connectivity index (χ2n) is 5.61. The standard InChI is InChI=1S/C18H17ClN4O3/c1-26-16-10-15(20-11-21-16)22-17(24)18(25)23-8-6-12(7-9-23)13-4-2-3-5-14(13)19/h2-6,10-11H,7-9H2,1H3,(H,20,21,22,24). The van der Waals surface area contributed by atoms with E-state index in [9.17, 15) is 9.59 Å². The number of amides is 2. The molecule has 0 bridgehead atoms. The summed E-state index contributed by atoms with van der Waals surface area (Å²) in [6.45, 7) is 0.788. The van der Waals surface area contributed by atoms with E-state index in [4.69, 9.17) is 16.3 Å². The van der Waals surface area contributed by atoms with Crippen LogP contribution >= 0.6 is 11.6 Å². The predicted octanol–water partition coefficient (Wildman–Crippen LogP) is 2.39. The molecule has 0 spiro atoms. The van der Waals surface area contributed by atoms with Crippen LogP contribution in [0.3, 0.4) is 0 Å². The normalized spacial score (nSPS) is 13.8. The van der Waals surface area contributed by atoms with Crippen LogP contribution in [0.2, 0.25) is 5.02 Å². The van der Waals surface area contributed by atoms with Gasteiger partial charge < -0.3 is 15.0 Å². The molecule has 0 saturated heterocycles. The first-order chi connectivity index (χ1) is 12.6. The maximum Gasteiger partial charge on any atom is 0.315 e. The first-order valence-corrected chi connectivity index (χ1v) is 8.36. The molecule has 1 N–H and O–H groups in total. The Morgan fingerprint density at radius 2 is 2.08 bits per heavy atom. The average Bonchev–Trinajstić information content (AvgIpc) is 2.68. The van der Waals surface area contributed by atoms with Crippen molar-refractivity contribution in [3.63, 3.8) is 0 Å². The molecule has 2 heterocycles. The highest BCUT2D eigenvalue weighted by Crippen LogP contribution is 2.28. The topological polar surface area (TPSA) is 84.4 Å². The van der Waals surface area contributed by atoms with E-state index in [1.165, 1.54) is 24.4 Å². The molecule has 0 aliphatic carbocycles. The van der Waals surface area contributed by atoms with Crippen molar-refractivity contribution < 1.29 is 14.3 Å². The molecule has 0 unspecified atom stereocenters. The highest BCUT2D eigenvalue weighted by molar-refractivity contribution is 6.39. The summed E-state index contributed by atoms with van der Waals surface area (Å²) in [5, 5.41) is 3.14. The molecule has 0 fully saturated rings. The fourth-order valence-electron chi connectivity index (χ4n) is 2.65. The van der Waals surface area contributed by atoms with Crippen LogP contribution in [0, 0.1) is 0 Å². The van der Waals surface area contributed by atoms with Gasteiger partial charge in [-0.2, -0.15) is 0 Å². The van der Waals surface area contributed by atoms with Crippen molar-refractivity contribution in [3.8, 4) is 5.88 Å². The Kier molecular flexibility index (Phi) is 5.48. The molecule has 0 saturated carbocycles. The highest BCUT2D eigenvalue weighted by atomic mass is 35.5. The van der Waals surface area contributed by atoms with Crippen LogP contribution in [0.1, 0.15) is 12.0 Å². The SMILES string of the molecule is COc1cc(NC(=O)C(=O)N2CC=C(c3ccccc3Cl)CC2)ncn1. The van der Waals surface area contributed by atoms with Crippen molar-refractivity contribution in [1.82, 2.24) is 14.9 Å². The van der Waals surface area contributed by atoms with Gasteiger partial charge in [0.25, 0.3) is 0 Å². The lowest BCUT2D eigenvalue weighted by atomic mass is 9.99. The van der Waals surface area contributed by atoms with Gasteiger partial charge in [-0.3, -0.25) is 9.59 Å². The lowest BCUT2D eigenvalue weighted by molar-refractivity contribution is -0.142. The Morgan fingerprint density at radius 3 is 2.77 bits per heavy atom. The number of ether oxygens (including phenoxy) is 1. The van der Waals surface area contributed by atoms with Crippen molar-refractivity contribution in [3.05, 3.63) is 53.3 Å². The number of methoxy groups -OCH3 is 1. The van der Waals surface area contributed by atoms with Crippen LogP contribution in [0.5, 0.6) is 5.88 Å². The van der Waals surface area contributed by atoms with E-state index in [1.54, 1.807) is 0 Å². The molecule has 1 aromatic heterocycles. The first kappa shape index (κ1) is 17.9. The number of nitrogens with zero attached hydrogens (tertiary/aromatic N) is 3. The van der Waals surface area contributed by atoms with E-state index in [-0.39, 0.29) is 5.82 Å². The second kappa shape index (κ2) is 7.97. The summed E-state index contributed by atoms with van der Waals surface area (Å²) in [4.78, 5) is 33.7. The van der Waals surface area contributed by atoms with E-state index < -0.39 is 11.8 Å². The number of aromatic nitrogens is 2. The van der Waals surface area contributed by atoms with Gasteiger partial charge in [0, 0.05) is 24.2 Å². The molecule has 1 aromatic carbocycles. The summed E-state index contributed by atoms with van der Waals surface area (Å²) in [7, 11) is 1.45. The molecule has 1 aliphatic heterocycles. The molecule has 134 valence electrons. The lowest BCUT2D eigenvalue weighted by Crippen LogP contribution is -2.42. The number of carbonyl (C=O) groups is 2. The van der Waals surface area contributed by atoms with Crippen LogP contribution in [0.25, 0.3) is 5.57 Å². The van der Waals surface area contributed by atoms with E-state index in [0.29, 0.717) is 30.4 Å². The van der Waals surface area contributed by atoms with E-state index in [0.717, 1.165) is 11.1 Å². The van der Waals surface area contributed by atoms with Gasteiger partial charge in [0.1, 0.15) is 12.1 Å². The molecule has 1 aliphatic rings. The summed E-state index contributed by atoms with van der Waals surface area (Å²) in [6, 6.07) is 9.01. The quantitative estimate of drug-likeness (QED) is 0.836. The average molecular weight is 373 g/mol. The van der Waals surface area contributed by atoms with Crippen molar-refractivity contribution >= 4 is 34.8 Å². The highest BCUT2D eigenvalue weighted by Gasteiger charge is 2.24. The van der Waals surface area contributed by atoms with Gasteiger partial charge in [-0.15, -0.1) is 0 Å². The number of rotatable bonds is 3. The third-order valence-corrected chi connectivity index (χ3v) is 4.33. The van der Waals surface area contributed by atoms with Gasteiger partial charge in [0.2, 0.25) is 5.88 Å². The number of benzene rings is 1. The van der Waals surface area contributed by atoms with Crippen LogP contribution in [0.4, 0.5) is 5.82 Å². The number of hydrogen-bond donors (Lipinski definition) is 1. The molecule has 0 atom stereocenters. The largest absolute Gasteiger partial charge is 0.481 e. The second-order valence-corrected chi connectivity index (χ2v) is 6.02. The Hall–Kier alpha value is -2.93. The predicted molar refractivity (Wildman–Crippen MR) is 97.8 cm³/mol. The van der Waals surface area contributed by atoms with E-state index >= 15 is 0 Å². The van der Waals surface area contributed by atoms with Crippen LogP contribution in [-0.4, -0.2) is 46.9 Å². The van der Waals surface area contributed by atoms with Crippen LogP contribution in [-0.2, 0) is 9.59 Å². The smallest absolute Gasteiger partial charge is 0.315 e. The Morgan fingerprint density at radius 1 is 1.27 bits per heavy atom. The fourth-order valence-corrected chi connectivity index (χ4v) is 2.91. The zero-order valence-corrected chi connectivity index (χ0v) is 14.9. The van der Waals surface area contributed by atoms with Crippen molar-refractivity contribution in [2.75, 3.05) is 25.5 Å². The van der Waals surface area contributed by atoms with Crippen molar-refractivity contribution in [2.45, 2.75) is 6.42 Å². The molecule has 3 rings (SSSR count). The third-order valence-electron chi connectivity index (χ3n) is 4.00. The van der Waals surface area contributed by atoms with Gasteiger partial charge >= 0.3 is 11.8 Å². The third kappa shape index (κ3) is 4.00. The summed E-state index contributed by atoms with van der Waals surface area (Å²) < 4.78 is 4.96. The lowest BCUT2D eigenvalue weighted by Gasteiger charge is -2.26. The molecule has 26 heavy (non-hydrogen) atoms. The van der Waals surface area contributed by atoms with Gasteiger partial charge in [0.15, 0.2) is 0 Å². The van der Waals surface area contributed by atoms with Crippen LogP contribution in [0.15, 0.2) is 42.7 Å². The molecular formula is C18H17ClN4O3. The zero-order chi connectivity index (χ0) is 18.5. The minimum atomic E-state index is -0.750. The summed E-state index contributed by atoms with van der Waals surface area (Å²) in [5.41, 5.74) is 2.03. The first-order valence-electron chi connectivity index (χ1n) is 7.98. The van der Waals surface area contributed by atoms with Gasteiger partial charge in [-0.1, -0.05) is 35.9 Å². The van der Waals surface area contributed by atoms with Gasteiger partial charge in [-0.05, 0) is 23.6 Å². The number of anilines is 1. The Balaban J connectivity index is 1.64. The maximum absolute atomic E-state index is 12.4. The number of carbonyl (C=O) groups excluding carboxylic acids is 2. The monoisotopic (exact) mass is 372 g/mol. The molecular weight excluding hydrogens is 356 g/mol. The molecule has 0 radical (unpaired) electrons. The summed E-state index contributed by atoms with van der Waals surface area (Å²) in [6.07, 6.45) is 3.80.